The van der Waals surface area contributed by atoms with Crippen LogP contribution in [0.25, 0.3) is 0 Å². The first-order valence-electron chi connectivity index (χ1n) is 7.06. The lowest BCUT2D eigenvalue weighted by molar-refractivity contribution is -0.121. The molecule has 0 spiro atoms. The molecule has 0 bridgehead atoms. The highest BCUT2D eigenvalue weighted by Gasteiger charge is 2.32. The van der Waals surface area contributed by atoms with Gasteiger partial charge >= 0.3 is 0 Å². The first-order chi connectivity index (χ1) is 11.6. The zero-order valence-electron chi connectivity index (χ0n) is 13.1. The summed E-state index contributed by atoms with van der Waals surface area (Å²) in [6.45, 7) is 0. The number of halogens is 3. The molecule has 0 aliphatic carbocycles. The standard InChI is InChI=1S/C16H15Cl2FN2O3S/c1-21(15(16(20)22)11-3-2-4-12(19)8-11)25(23,24)9-10-5-6-13(17)14(18)7-10/h2-8,15H,9H2,1H3,(H2,20,22). The van der Waals surface area contributed by atoms with Crippen LogP contribution < -0.4 is 5.73 Å². The quantitative estimate of drug-likeness (QED) is 0.802. The molecule has 9 heteroatoms. The number of benzene rings is 2. The van der Waals surface area contributed by atoms with Crippen molar-refractivity contribution < 1.29 is 17.6 Å². The van der Waals surface area contributed by atoms with Crippen LogP contribution >= 0.6 is 23.2 Å². The van der Waals surface area contributed by atoms with Crippen molar-refractivity contribution >= 4 is 39.1 Å². The molecule has 1 amide bonds. The summed E-state index contributed by atoms with van der Waals surface area (Å²) in [7, 11) is -2.72. The SMILES string of the molecule is CN(C(C(N)=O)c1cccc(F)c1)S(=O)(=O)Cc1ccc(Cl)c(Cl)c1. The average Bonchev–Trinajstić information content (AvgIpc) is 2.50. The minimum Gasteiger partial charge on any atom is -0.368 e. The molecule has 0 saturated heterocycles. The second kappa shape index (κ2) is 7.70. The molecule has 2 N–H and O–H groups in total. The van der Waals surface area contributed by atoms with E-state index in [0.29, 0.717) is 10.6 Å². The maximum Gasteiger partial charge on any atom is 0.240 e. The van der Waals surface area contributed by atoms with Gasteiger partial charge in [0.05, 0.1) is 15.8 Å². The highest BCUT2D eigenvalue weighted by Crippen LogP contribution is 2.27. The molecule has 2 rings (SSSR count). The first kappa shape index (κ1) is 19.7. The van der Waals surface area contributed by atoms with Gasteiger partial charge in [-0.15, -0.1) is 0 Å². The number of amides is 1. The Labute approximate surface area is 155 Å². The molecule has 0 radical (unpaired) electrons. The smallest absolute Gasteiger partial charge is 0.240 e. The van der Waals surface area contributed by atoms with E-state index in [0.717, 1.165) is 10.4 Å². The van der Waals surface area contributed by atoms with Crippen molar-refractivity contribution in [3.8, 4) is 0 Å². The van der Waals surface area contributed by atoms with Gasteiger partial charge in [0.15, 0.2) is 0 Å². The van der Waals surface area contributed by atoms with E-state index in [2.05, 4.69) is 0 Å². The van der Waals surface area contributed by atoms with E-state index in [1.807, 2.05) is 0 Å². The number of carbonyl (C=O) groups is 1. The summed E-state index contributed by atoms with van der Waals surface area (Å²) in [6.07, 6.45) is 0. The van der Waals surface area contributed by atoms with Crippen molar-refractivity contribution in [3.63, 3.8) is 0 Å². The van der Waals surface area contributed by atoms with E-state index >= 15 is 0 Å². The molecule has 0 aliphatic heterocycles. The Hall–Kier alpha value is -1.67. The summed E-state index contributed by atoms with van der Waals surface area (Å²) < 4.78 is 39.6. The number of likely N-dealkylation sites (N-methyl/N-ethyl adjacent to an activating group) is 1. The van der Waals surface area contributed by atoms with Gasteiger partial charge in [0.1, 0.15) is 11.9 Å². The zero-order chi connectivity index (χ0) is 18.8. The summed E-state index contributed by atoms with van der Waals surface area (Å²) in [4.78, 5) is 11.8. The lowest BCUT2D eigenvalue weighted by Crippen LogP contribution is -2.39. The van der Waals surface area contributed by atoms with Gasteiger partial charge in [-0.2, -0.15) is 4.31 Å². The Morgan fingerprint density at radius 3 is 2.44 bits per heavy atom. The predicted octanol–water partition coefficient (Wildman–Crippen LogP) is 3.12. The van der Waals surface area contributed by atoms with Gasteiger partial charge in [0.25, 0.3) is 0 Å². The topological polar surface area (TPSA) is 80.5 Å². The monoisotopic (exact) mass is 404 g/mol. The fourth-order valence-electron chi connectivity index (χ4n) is 2.33. The number of primary amides is 1. The zero-order valence-corrected chi connectivity index (χ0v) is 15.4. The highest BCUT2D eigenvalue weighted by molar-refractivity contribution is 7.88. The molecule has 25 heavy (non-hydrogen) atoms. The van der Waals surface area contributed by atoms with E-state index < -0.39 is 33.5 Å². The number of hydrogen-bond acceptors (Lipinski definition) is 3. The van der Waals surface area contributed by atoms with Gasteiger partial charge in [0, 0.05) is 7.05 Å². The molecular weight excluding hydrogens is 390 g/mol. The second-order valence-electron chi connectivity index (χ2n) is 5.38. The van der Waals surface area contributed by atoms with Crippen LogP contribution in [0.3, 0.4) is 0 Å². The largest absolute Gasteiger partial charge is 0.368 e. The van der Waals surface area contributed by atoms with Crippen LogP contribution in [-0.4, -0.2) is 25.7 Å². The lowest BCUT2D eigenvalue weighted by atomic mass is 10.1. The van der Waals surface area contributed by atoms with E-state index in [1.165, 1.54) is 43.4 Å². The fraction of sp³-hybridized carbons (Fsp3) is 0.188. The van der Waals surface area contributed by atoms with Crippen molar-refractivity contribution in [2.45, 2.75) is 11.8 Å². The molecule has 0 fully saturated rings. The summed E-state index contributed by atoms with van der Waals surface area (Å²) in [6, 6.07) is 8.16. The molecule has 1 unspecified atom stereocenters. The van der Waals surface area contributed by atoms with Crippen LogP contribution in [0.1, 0.15) is 17.2 Å². The van der Waals surface area contributed by atoms with Crippen LogP contribution in [0.4, 0.5) is 4.39 Å². The molecule has 5 nitrogen and oxygen atoms in total. The average molecular weight is 405 g/mol. The van der Waals surface area contributed by atoms with Crippen molar-refractivity contribution in [1.82, 2.24) is 4.31 Å². The third-order valence-corrected chi connectivity index (χ3v) is 6.09. The van der Waals surface area contributed by atoms with E-state index in [4.69, 9.17) is 28.9 Å². The van der Waals surface area contributed by atoms with Crippen molar-refractivity contribution in [1.29, 1.82) is 0 Å². The fourth-order valence-corrected chi connectivity index (χ4v) is 4.00. The van der Waals surface area contributed by atoms with Gasteiger partial charge in [0.2, 0.25) is 15.9 Å². The van der Waals surface area contributed by atoms with Crippen LogP contribution in [0.2, 0.25) is 10.0 Å². The summed E-state index contributed by atoms with van der Waals surface area (Å²) in [5, 5.41) is 0.513. The van der Waals surface area contributed by atoms with Gasteiger partial charge in [-0.1, -0.05) is 41.4 Å². The van der Waals surface area contributed by atoms with Gasteiger partial charge < -0.3 is 5.73 Å². The predicted molar refractivity (Wildman–Crippen MR) is 95.2 cm³/mol. The van der Waals surface area contributed by atoms with Crippen LogP contribution in [0, 0.1) is 5.82 Å². The van der Waals surface area contributed by atoms with Crippen LogP contribution in [0.15, 0.2) is 42.5 Å². The highest BCUT2D eigenvalue weighted by atomic mass is 35.5. The minimum atomic E-state index is -3.94. The Kier molecular flexibility index (Phi) is 6.05. The van der Waals surface area contributed by atoms with E-state index in [1.54, 1.807) is 0 Å². The number of nitrogens with two attached hydrogens (primary N) is 1. The second-order valence-corrected chi connectivity index (χ2v) is 8.22. The maximum absolute atomic E-state index is 13.4. The van der Waals surface area contributed by atoms with E-state index in [-0.39, 0.29) is 10.6 Å². The van der Waals surface area contributed by atoms with Gasteiger partial charge in [-0.05, 0) is 35.4 Å². The Balaban J connectivity index is 2.35. The Bertz CT molecular complexity index is 906. The molecule has 1 atom stereocenters. The molecule has 0 heterocycles. The van der Waals surface area contributed by atoms with Crippen LogP contribution in [0.5, 0.6) is 0 Å². The lowest BCUT2D eigenvalue weighted by Gasteiger charge is -2.25. The summed E-state index contributed by atoms with van der Waals surface area (Å²) in [5.41, 5.74) is 5.89. The minimum absolute atomic E-state index is 0.146. The molecule has 134 valence electrons. The molecule has 0 saturated carbocycles. The third-order valence-electron chi connectivity index (χ3n) is 3.57. The number of rotatable bonds is 6. The number of carbonyl (C=O) groups excluding carboxylic acids is 1. The first-order valence-corrected chi connectivity index (χ1v) is 9.43. The number of sulfonamides is 1. The van der Waals surface area contributed by atoms with Crippen LogP contribution in [-0.2, 0) is 20.6 Å². The van der Waals surface area contributed by atoms with Crippen molar-refractivity contribution in [2.75, 3.05) is 7.05 Å². The molecule has 2 aromatic carbocycles. The molecule has 0 aliphatic rings. The Morgan fingerprint density at radius 1 is 1.20 bits per heavy atom. The Morgan fingerprint density at radius 2 is 1.88 bits per heavy atom. The molecular formula is C16H15Cl2FN2O3S. The van der Waals surface area contributed by atoms with Gasteiger partial charge in [-0.25, -0.2) is 12.8 Å². The maximum atomic E-state index is 13.4. The van der Waals surface area contributed by atoms with Gasteiger partial charge in [-0.3, -0.25) is 4.79 Å². The molecule has 2 aromatic rings. The van der Waals surface area contributed by atoms with Crippen molar-refractivity contribution in [3.05, 3.63) is 69.5 Å². The number of hydrogen-bond donors (Lipinski definition) is 1. The normalized spacial score (nSPS) is 13.0. The number of nitrogens with zero attached hydrogens (tertiary/aromatic N) is 1. The van der Waals surface area contributed by atoms with Crippen molar-refractivity contribution in [2.24, 2.45) is 5.73 Å². The summed E-state index contributed by atoms with van der Waals surface area (Å²) >= 11 is 11.7. The molecule has 0 aromatic heterocycles. The third kappa shape index (κ3) is 4.70. The summed E-state index contributed by atoms with van der Waals surface area (Å²) in [5.74, 6) is -1.93. The van der Waals surface area contributed by atoms with E-state index in [9.17, 15) is 17.6 Å².